The Bertz CT molecular complexity index is 739. The fourth-order valence-electron chi connectivity index (χ4n) is 2.09. The Hall–Kier alpha value is -2.19. The molecule has 1 aromatic heterocycles. The minimum atomic E-state index is 0.454. The lowest BCUT2D eigenvalue weighted by Crippen LogP contribution is -1.93. The van der Waals surface area contributed by atoms with Gasteiger partial charge in [-0.15, -0.1) is 0 Å². The molecule has 0 aliphatic carbocycles. The van der Waals surface area contributed by atoms with Crippen molar-refractivity contribution in [2.24, 2.45) is 0 Å². The molecule has 0 saturated heterocycles. The van der Waals surface area contributed by atoms with Gasteiger partial charge in [0.2, 0.25) is 0 Å². The summed E-state index contributed by atoms with van der Waals surface area (Å²) in [6.07, 6.45) is 0. The molecule has 0 fully saturated rings. The average molecular weight is 281 g/mol. The van der Waals surface area contributed by atoms with Crippen molar-refractivity contribution in [3.05, 3.63) is 71.4 Å². The molecule has 0 saturated carbocycles. The molecule has 3 rings (SSSR count). The largest absolute Gasteiger partial charge is 0.228 e. The fraction of sp³-hybridized carbons (Fsp3) is 0.0588. The Morgan fingerprint density at radius 2 is 1.55 bits per heavy atom. The molecule has 0 atom stereocenters. The van der Waals surface area contributed by atoms with Crippen molar-refractivity contribution in [2.75, 3.05) is 0 Å². The van der Waals surface area contributed by atoms with Crippen LogP contribution < -0.4 is 0 Å². The number of halogens is 1. The van der Waals surface area contributed by atoms with E-state index in [2.05, 4.69) is 29.0 Å². The van der Waals surface area contributed by atoms with Gasteiger partial charge in [-0.2, -0.15) is 0 Å². The minimum absolute atomic E-state index is 0.454. The second kappa shape index (κ2) is 5.43. The van der Waals surface area contributed by atoms with E-state index in [1.807, 2.05) is 42.5 Å². The van der Waals surface area contributed by atoms with E-state index in [-0.39, 0.29) is 0 Å². The third-order valence-corrected chi connectivity index (χ3v) is 3.23. The molecule has 0 N–H and O–H groups in total. The molecule has 2 aromatic carbocycles. The first kappa shape index (κ1) is 12.8. The van der Waals surface area contributed by atoms with Crippen molar-refractivity contribution in [1.82, 2.24) is 9.97 Å². The zero-order chi connectivity index (χ0) is 13.9. The van der Waals surface area contributed by atoms with Crippen LogP contribution in [-0.4, -0.2) is 9.97 Å². The molecule has 98 valence electrons. The number of benzene rings is 2. The van der Waals surface area contributed by atoms with E-state index in [0.717, 1.165) is 16.8 Å². The molecule has 20 heavy (non-hydrogen) atoms. The Kier molecular flexibility index (Phi) is 3.48. The summed E-state index contributed by atoms with van der Waals surface area (Å²) in [6, 6.07) is 19.8. The van der Waals surface area contributed by atoms with Crippen molar-refractivity contribution in [3.63, 3.8) is 0 Å². The summed E-state index contributed by atoms with van der Waals surface area (Å²) in [4.78, 5) is 8.93. The van der Waals surface area contributed by atoms with Crippen LogP contribution in [0.4, 0.5) is 0 Å². The summed E-state index contributed by atoms with van der Waals surface area (Å²) in [5.41, 5.74) is 4.04. The van der Waals surface area contributed by atoms with Crippen LogP contribution in [-0.2, 0) is 0 Å². The summed E-state index contributed by atoms with van der Waals surface area (Å²) in [6.45, 7) is 2.06. The van der Waals surface area contributed by atoms with Gasteiger partial charge in [0.1, 0.15) is 5.15 Å². The van der Waals surface area contributed by atoms with Crippen LogP contribution >= 0.6 is 11.6 Å². The smallest absolute Gasteiger partial charge is 0.161 e. The van der Waals surface area contributed by atoms with Crippen LogP contribution in [0.15, 0.2) is 60.7 Å². The maximum Gasteiger partial charge on any atom is 0.161 e. The average Bonchev–Trinajstić information content (AvgIpc) is 2.47. The van der Waals surface area contributed by atoms with Gasteiger partial charge in [0, 0.05) is 17.2 Å². The van der Waals surface area contributed by atoms with Gasteiger partial charge >= 0.3 is 0 Å². The first-order valence-electron chi connectivity index (χ1n) is 6.39. The molecule has 0 aliphatic heterocycles. The van der Waals surface area contributed by atoms with Gasteiger partial charge in [-0.25, -0.2) is 9.97 Å². The number of hydrogen-bond donors (Lipinski definition) is 0. The summed E-state index contributed by atoms with van der Waals surface area (Å²) >= 11 is 6.14. The second-order valence-corrected chi connectivity index (χ2v) is 5.02. The summed E-state index contributed by atoms with van der Waals surface area (Å²) in [5, 5.41) is 0.454. The van der Waals surface area contributed by atoms with E-state index >= 15 is 0 Å². The Balaban J connectivity index is 2.12. The van der Waals surface area contributed by atoms with Gasteiger partial charge in [-0.05, 0) is 13.0 Å². The molecule has 0 unspecified atom stereocenters. The highest BCUT2D eigenvalue weighted by Gasteiger charge is 2.07. The summed E-state index contributed by atoms with van der Waals surface area (Å²) in [7, 11) is 0. The topological polar surface area (TPSA) is 25.8 Å². The molecule has 1 heterocycles. The van der Waals surface area contributed by atoms with Crippen LogP contribution in [0.1, 0.15) is 5.56 Å². The van der Waals surface area contributed by atoms with Crippen molar-refractivity contribution >= 4 is 11.6 Å². The predicted octanol–water partition coefficient (Wildman–Crippen LogP) is 4.77. The number of hydrogen-bond acceptors (Lipinski definition) is 2. The standard InChI is InChI=1S/C17H13ClN2/c1-12-6-5-9-14(10-12)15-11-16(18)20-17(19-15)13-7-3-2-4-8-13/h2-11H,1H3. The Morgan fingerprint density at radius 1 is 0.800 bits per heavy atom. The summed E-state index contributed by atoms with van der Waals surface area (Å²) < 4.78 is 0. The lowest BCUT2D eigenvalue weighted by atomic mass is 10.1. The SMILES string of the molecule is Cc1cccc(-c2cc(Cl)nc(-c3ccccc3)n2)c1. The van der Waals surface area contributed by atoms with Gasteiger partial charge in [0.15, 0.2) is 5.82 Å². The van der Waals surface area contributed by atoms with Gasteiger partial charge in [0.25, 0.3) is 0 Å². The van der Waals surface area contributed by atoms with Crippen LogP contribution in [0.5, 0.6) is 0 Å². The van der Waals surface area contributed by atoms with Crippen molar-refractivity contribution < 1.29 is 0 Å². The lowest BCUT2D eigenvalue weighted by Gasteiger charge is -2.06. The molecule has 0 aliphatic rings. The number of aryl methyl sites for hydroxylation is 1. The first-order chi connectivity index (χ1) is 9.72. The Labute approximate surface area is 123 Å². The number of rotatable bonds is 2. The van der Waals surface area contributed by atoms with E-state index in [1.165, 1.54) is 5.56 Å². The predicted molar refractivity (Wildman–Crippen MR) is 82.7 cm³/mol. The fourth-order valence-corrected chi connectivity index (χ4v) is 2.27. The first-order valence-corrected chi connectivity index (χ1v) is 6.77. The van der Waals surface area contributed by atoms with E-state index < -0.39 is 0 Å². The quantitative estimate of drug-likeness (QED) is 0.632. The van der Waals surface area contributed by atoms with Crippen molar-refractivity contribution in [1.29, 1.82) is 0 Å². The third kappa shape index (κ3) is 2.70. The van der Waals surface area contributed by atoms with Crippen molar-refractivity contribution in [3.8, 4) is 22.6 Å². The molecule has 0 spiro atoms. The van der Waals surface area contributed by atoms with Gasteiger partial charge < -0.3 is 0 Å². The maximum atomic E-state index is 6.14. The zero-order valence-electron chi connectivity index (χ0n) is 11.0. The molecule has 3 heteroatoms. The van der Waals surface area contributed by atoms with Gasteiger partial charge in [-0.1, -0.05) is 65.7 Å². The molecule has 0 amide bonds. The third-order valence-electron chi connectivity index (χ3n) is 3.04. The highest BCUT2D eigenvalue weighted by molar-refractivity contribution is 6.29. The normalized spacial score (nSPS) is 10.5. The van der Waals surface area contributed by atoms with Crippen LogP contribution in [0, 0.1) is 6.92 Å². The zero-order valence-corrected chi connectivity index (χ0v) is 11.8. The Morgan fingerprint density at radius 3 is 2.30 bits per heavy atom. The van der Waals surface area contributed by atoms with E-state index in [9.17, 15) is 0 Å². The highest BCUT2D eigenvalue weighted by Crippen LogP contribution is 2.24. The van der Waals surface area contributed by atoms with Crippen LogP contribution in [0.3, 0.4) is 0 Å². The van der Waals surface area contributed by atoms with Gasteiger partial charge in [0.05, 0.1) is 5.69 Å². The van der Waals surface area contributed by atoms with Crippen molar-refractivity contribution in [2.45, 2.75) is 6.92 Å². The number of nitrogens with zero attached hydrogens (tertiary/aromatic N) is 2. The molecule has 2 nitrogen and oxygen atoms in total. The van der Waals surface area contributed by atoms with E-state index in [0.29, 0.717) is 11.0 Å². The minimum Gasteiger partial charge on any atom is -0.228 e. The molecular formula is C17H13ClN2. The summed E-state index contributed by atoms with van der Waals surface area (Å²) in [5.74, 6) is 0.648. The van der Waals surface area contributed by atoms with E-state index in [1.54, 1.807) is 6.07 Å². The van der Waals surface area contributed by atoms with Crippen LogP contribution in [0.25, 0.3) is 22.6 Å². The number of aromatic nitrogens is 2. The molecule has 3 aromatic rings. The second-order valence-electron chi connectivity index (χ2n) is 4.64. The monoisotopic (exact) mass is 280 g/mol. The molecule has 0 bridgehead atoms. The van der Waals surface area contributed by atoms with Crippen LogP contribution in [0.2, 0.25) is 5.15 Å². The lowest BCUT2D eigenvalue weighted by molar-refractivity contribution is 1.18. The maximum absolute atomic E-state index is 6.14. The van der Waals surface area contributed by atoms with E-state index in [4.69, 9.17) is 11.6 Å². The molecular weight excluding hydrogens is 268 g/mol. The highest BCUT2D eigenvalue weighted by atomic mass is 35.5. The molecule has 0 radical (unpaired) electrons. The van der Waals surface area contributed by atoms with Gasteiger partial charge in [-0.3, -0.25) is 0 Å².